The first kappa shape index (κ1) is 15.6. The van der Waals surface area contributed by atoms with Gasteiger partial charge in [0.2, 0.25) is 0 Å². The summed E-state index contributed by atoms with van der Waals surface area (Å²) in [6.07, 6.45) is 0.144. The molecule has 0 fully saturated rings. The molecule has 0 aliphatic rings. The van der Waals surface area contributed by atoms with Crippen LogP contribution < -0.4 is 4.74 Å². The molecule has 0 aliphatic heterocycles. The summed E-state index contributed by atoms with van der Waals surface area (Å²) >= 11 is 0. The van der Waals surface area contributed by atoms with E-state index in [0.29, 0.717) is 6.42 Å². The van der Waals surface area contributed by atoms with Crippen molar-refractivity contribution in [1.82, 2.24) is 0 Å². The lowest BCUT2D eigenvalue weighted by Crippen LogP contribution is -2.05. The first-order valence-electron chi connectivity index (χ1n) is 7.31. The topological polar surface area (TPSA) is 29.5 Å². The molecule has 2 aromatic carbocycles. The van der Waals surface area contributed by atoms with E-state index >= 15 is 0 Å². The minimum atomic E-state index is -0.490. The predicted octanol–water partition coefficient (Wildman–Crippen LogP) is 4.20. The molecule has 0 bridgehead atoms. The van der Waals surface area contributed by atoms with Gasteiger partial charge in [-0.05, 0) is 62.1 Å². The first-order chi connectivity index (χ1) is 9.90. The van der Waals surface area contributed by atoms with Gasteiger partial charge in [-0.15, -0.1) is 0 Å². The summed E-state index contributed by atoms with van der Waals surface area (Å²) in [5.41, 5.74) is 6.74. The van der Waals surface area contributed by atoms with Crippen molar-refractivity contribution in [3.8, 4) is 5.75 Å². The summed E-state index contributed by atoms with van der Waals surface area (Å²) in [7, 11) is 1.67. The highest BCUT2D eigenvalue weighted by Gasteiger charge is 2.14. The maximum atomic E-state index is 10.6. The van der Waals surface area contributed by atoms with Crippen LogP contribution in [-0.4, -0.2) is 12.2 Å². The van der Waals surface area contributed by atoms with Crippen LogP contribution in [-0.2, 0) is 6.42 Å². The zero-order valence-corrected chi connectivity index (χ0v) is 13.5. The van der Waals surface area contributed by atoms with E-state index in [-0.39, 0.29) is 0 Å². The van der Waals surface area contributed by atoms with Crippen LogP contribution in [0.4, 0.5) is 0 Å². The molecule has 0 saturated heterocycles. The fourth-order valence-corrected chi connectivity index (χ4v) is 2.91. The number of aliphatic hydroxyl groups excluding tert-OH is 1. The average molecular weight is 284 g/mol. The van der Waals surface area contributed by atoms with Crippen molar-refractivity contribution in [2.45, 2.75) is 40.2 Å². The van der Waals surface area contributed by atoms with Crippen molar-refractivity contribution in [2.75, 3.05) is 7.11 Å². The van der Waals surface area contributed by atoms with Crippen molar-refractivity contribution in [3.05, 3.63) is 63.7 Å². The third-order valence-electron chi connectivity index (χ3n) is 3.85. The van der Waals surface area contributed by atoms with Crippen LogP contribution in [0.5, 0.6) is 5.75 Å². The van der Waals surface area contributed by atoms with Crippen molar-refractivity contribution < 1.29 is 9.84 Å². The minimum absolute atomic E-state index is 0.490. The molecule has 0 amide bonds. The summed E-state index contributed by atoms with van der Waals surface area (Å²) in [5, 5.41) is 10.6. The normalized spacial score (nSPS) is 12.3. The second kappa shape index (κ2) is 6.31. The van der Waals surface area contributed by atoms with Crippen molar-refractivity contribution >= 4 is 0 Å². The Morgan fingerprint density at radius 1 is 0.905 bits per heavy atom. The molecular weight excluding hydrogens is 260 g/mol. The van der Waals surface area contributed by atoms with Gasteiger partial charge >= 0.3 is 0 Å². The Labute approximate surface area is 127 Å². The maximum absolute atomic E-state index is 10.6. The molecule has 1 atom stereocenters. The van der Waals surface area contributed by atoms with Gasteiger partial charge in [-0.1, -0.05) is 29.3 Å². The Morgan fingerprint density at radius 2 is 1.52 bits per heavy atom. The van der Waals surface area contributed by atoms with Crippen LogP contribution in [0.1, 0.15) is 39.5 Å². The fraction of sp³-hybridized carbons (Fsp3) is 0.368. The standard InChI is InChI=1S/C19H24O2/c1-12-6-13(2)8-16(7-12)11-18(20)17-9-15(4)19(21-5)10-14(17)3/h6-10,18,20H,11H2,1-5H3. The maximum Gasteiger partial charge on any atom is 0.122 e. The lowest BCUT2D eigenvalue weighted by Gasteiger charge is -2.17. The van der Waals surface area contributed by atoms with E-state index in [1.165, 1.54) is 16.7 Å². The van der Waals surface area contributed by atoms with Gasteiger partial charge in [0.15, 0.2) is 0 Å². The van der Waals surface area contributed by atoms with Crippen LogP contribution in [0.25, 0.3) is 0 Å². The van der Waals surface area contributed by atoms with E-state index in [1.807, 2.05) is 26.0 Å². The number of hydrogen-bond donors (Lipinski definition) is 1. The molecule has 2 nitrogen and oxygen atoms in total. The van der Waals surface area contributed by atoms with Gasteiger partial charge in [0.25, 0.3) is 0 Å². The Morgan fingerprint density at radius 3 is 2.10 bits per heavy atom. The highest BCUT2D eigenvalue weighted by atomic mass is 16.5. The molecule has 0 heterocycles. The largest absolute Gasteiger partial charge is 0.496 e. The van der Waals surface area contributed by atoms with E-state index in [9.17, 15) is 5.11 Å². The smallest absolute Gasteiger partial charge is 0.122 e. The second-order valence-electron chi connectivity index (χ2n) is 5.89. The first-order valence-corrected chi connectivity index (χ1v) is 7.31. The Balaban J connectivity index is 2.28. The molecule has 1 unspecified atom stereocenters. The average Bonchev–Trinajstić information content (AvgIpc) is 2.39. The van der Waals surface area contributed by atoms with Gasteiger partial charge in [0, 0.05) is 6.42 Å². The van der Waals surface area contributed by atoms with Crippen LogP contribution in [0.15, 0.2) is 30.3 Å². The van der Waals surface area contributed by atoms with Gasteiger partial charge < -0.3 is 9.84 Å². The van der Waals surface area contributed by atoms with Crippen LogP contribution in [0.3, 0.4) is 0 Å². The van der Waals surface area contributed by atoms with Crippen LogP contribution in [0, 0.1) is 27.7 Å². The number of methoxy groups -OCH3 is 1. The SMILES string of the molecule is COc1cc(C)c(C(O)Cc2cc(C)cc(C)c2)cc1C. The number of aliphatic hydroxyl groups is 1. The van der Waals surface area contributed by atoms with Gasteiger partial charge in [-0.3, -0.25) is 0 Å². The minimum Gasteiger partial charge on any atom is -0.496 e. The Hall–Kier alpha value is -1.80. The molecule has 112 valence electrons. The highest BCUT2D eigenvalue weighted by molar-refractivity contribution is 5.43. The predicted molar refractivity (Wildman–Crippen MR) is 87.0 cm³/mol. The van der Waals surface area contributed by atoms with Gasteiger partial charge in [0.1, 0.15) is 5.75 Å². The van der Waals surface area contributed by atoms with Crippen molar-refractivity contribution in [3.63, 3.8) is 0 Å². The molecule has 0 saturated carbocycles. The number of rotatable bonds is 4. The fourth-order valence-electron chi connectivity index (χ4n) is 2.91. The van der Waals surface area contributed by atoms with Gasteiger partial charge in [0.05, 0.1) is 13.2 Å². The summed E-state index contributed by atoms with van der Waals surface area (Å²) in [6, 6.07) is 10.5. The second-order valence-corrected chi connectivity index (χ2v) is 5.89. The molecule has 0 radical (unpaired) electrons. The third kappa shape index (κ3) is 3.64. The van der Waals surface area contributed by atoms with Gasteiger partial charge in [-0.25, -0.2) is 0 Å². The number of aryl methyl sites for hydroxylation is 4. The quantitative estimate of drug-likeness (QED) is 0.911. The van der Waals surface area contributed by atoms with Crippen molar-refractivity contribution in [1.29, 1.82) is 0 Å². The zero-order chi connectivity index (χ0) is 15.6. The molecule has 0 aromatic heterocycles. The molecular formula is C19H24O2. The van der Waals surface area contributed by atoms with Crippen molar-refractivity contribution in [2.24, 2.45) is 0 Å². The van der Waals surface area contributed by atoms with E-state index in [0.717, 1.165) is 22.4 Å². The lowest BCUT2D eigenvalue weighted by molar-refractivity contribution is 0.177. The van der Waals surface area contributed by atoms with Crippen LogP contribution >= 0.6 is 0 Å². The van der Waals surface area contributed by atoms with Crippen LogP contribution in [0.2, 0.25) is 0 Å². The summed E-state index contributed by atoms with van der Waals surface area (Å²) < 4.78 is 5.33. The number of ether oxygens (including phenoxy) is 1. The number of benzene rings is 2. The Bertz CT molecular complexity index is 624. The van der Waals surface area contributed by atoms with E-state index in [4.69, 9.17) is 4.74 Å². The highest BCUT2D eigenvalue weighted by Crippen LogP contribution is 2.28. The molecule has 21 heavy (non-hydrogen) atoms. The summed E-state index contributed by atoms with van der Waals surface area (Å²) in [5.74, 6) is 0.870. The van der Waals surface area contributed by atoms with E-state index in [1.54, 1.807) is 7.11 Å². The molecule has 2 rings (SSSR count). The van der Waals surface area contributed by atoms with E-state index < -0.39 is 6.10 Å². The zero-order valence-electron chi connectivity index (χ0n) is 13.5. The van der Waals surface area contributed by atoms with Gasteiger partial charge in [-0.2, -0.15) is 0 Å². The van der Waals surface area contributed by atoms with E-state index in [2.05, 4.69) is 32.0 Å². The molecule has 2 aromatic rings. The Kier molecular flexibility index (Phi) is 4.69. The molecule has 0 spiro atoms. The third-order valence-corrected chi connectivity index (χ3v) is 3.85. The number of hydrogen-bond acceptors (Lipinski definition) is 2. The summed E-state index contributed by atoms with van der Waals surface area (Å²) in [6.45, 7) is 8.20. The summed E-state index contributed by atoms with van der Waals surface area (Å²) in [4.78, 5) is 0. The molecule has 0 aliphatic carbocycles. The molecule has 1 N–H and O–H groups in total. The molecule has 2 heteroatoms. The monoisotopic (exact) mass is 284 g/mol. The lowest BCUT2D eigenvalue weighted by atomic mass is 9.94.